The van der Waals surface area contributed by atoms with Crippen LogP contribution in [0.3, 0.4) is 0 Å². The molecule has 1 aliphatic rings. The summed E-state index contributed by atoms with van der Waals surface area (Å²) in [5, 5.41) is 4.16. The first kappa shape index (κ1) is 12.8. The lowest BCUT2D eigenvalue weighted by atomic mass is 10.0. The summed E-state index contributed by atoms with van der Waals surface area (Å²) < 4.78 is 7.16. The Kier molecular flexibility index (Phi) is 3.42. The fourth-order valence-corrected chi connectivity index (χ4v) is 2.91. The second-order valence-corrected chi connectivity index (χ2v) is 6.02. The van der Waals surface area contributed by atoms with E-state index in [4.69, 9.17) is 16.3 Å². The molecule has 4 heteroatoms. The number of fused-ring (bicyclic) bond motifs is 1. The summed E-state index contributed by atoms with van der Waals surface area (Å²) in [4.78, 5) is 0. The van der Waals surface area contributed by atoms with Gasteiger partial charge in [-0.2, -0.15) is 0 Å². The lowest BCUT2D eigenvalue weighted by molar-refractivity contribution is 0.177. The van der Waals surface area contributed by atoms with E-state index in [0.717, 1.165) is 21.5 Å². The third-order valence-electron chi connectivity index (χ3n) is 3.21. The monoisotopic (exact) mass is 337 g/mol. The van der Waals surface area contributed by atoms with Crippen molar-refractivity contribution in [1.29, 1.82) is 0 Å². The maximum atomic E-state index is 6.10. The molecule has 0 aromatic heterocycles. The van der Waals surface area contributed by atoms with E-state index in [9.17, 15) is 0 Å². The summed E-state index contributed by atoms with van der Waals surface area (Å²) in [6.07, 6.45) is -0.00817. The Balaban J connectivity index is 1.95. The van der Waals surface area contributed by atoms with Gasteiger partial charge in [-0.1, -0.05) is 39.7 Å². The number of anilines is 1. The molecule has 3 rings (SSSR count). The Labute approximate surface area is 125 Å². The third kappa shape index (κ3) is 2.58. The van der Waals surface area contributed by atoms with E-state index < -0.39 is 0 Å². The smallest absolute Gasteiger partial charge is 0.144 e. The van der Waals surface area contributed by atoms with Gasteiger partial charge in [0.15, 0.2) is 0 Å². The van der Waals surface area contributed by atoms with Gasteiger partial charge in [0.05, 0.1) is 11.7 Å². The van der Waals surface area contributed by atoms with E-state index in [1.165, 1.54) is 0 Å². The predicted molar refractivity (Wildman–Crippen MR) is 82.0 cm³/mol. The molecule has 2 aromatic carbocycles. The van der Waals surface area contributed by atoms with Crippen LogP contribution in [-0.4, -0.2) is 6.04 Å². The SMILES string of the molecule is CC1Nc2cc(Cl)ccc2OC1c1cccc(Br)c1. The molecular weight excluding hydrogens is 326 g/mol. The van der Waals surface area contributed by atoms with Gasteiger partial charge in [-0.25, -0.2) is 0 Å². The van der Waals surface area contributed by atoms with Crippen LogP contribution in [0.2, 0.25) is 5.02 Å². The van der Waals surface area contributed by atoms with E-state index >= 15 is 0 Å². The first-order valence-corrected chi connectivity index (χ1v) is 7.29. The van der Waals surface area contributed by atoms with Gasteiger partial charge in [-0.15, -0.1) is 0 Å². The predicted octanol–water partition coefficient (Wildman–Crippen LogP) is 5.04. The number of nitrogens with one attached hydrogen (secondary N) is 1. The van der Waals surface area contributed by atoms with Crippen LogP contribution >= 0.6 is 27.5 Å². The second-order valence-electron chi connectivity index (χ2n) is 4.67. The number of hydrogen-bond acceptors (Lipinski definition) is 2. The van der Waals surface area contributed by atoms with Crippen molar-refractivity contribution in [3.05, 3.63) is 57.5 Å². The van der Waals surface area contributed by atoms with E-state index in [0.29, 0.717) is 5.02 Å². The number of benzene rings is 2. The fraction of sp³-hybridized carbons (Fsp3) is 0.200. The van der Waals surface area contributed by atoms with Gasteiger partial charge in [0.2, 0.25) is 0 Å². The van der Waals surface area contributed by atoms with Gasteiger partial charge in [0.1, 0.15) is 11.9 Å². The summed E-state index contributed by atoms with van der Waals surface area (Å²) in [7, 11) is 0. The Hall–Kier alpha value is -1.19. The second kappa shape index (κ2) is 5.06. The van der Waals surface area contributed by atoms with Gasteiger partial charge in [-0.05, 0) is 42.8 Å². The highest BCUT2D eigenvalue weighted by Crippen LogP contribution is 2.39. The Morgan fingerprint density at radius 1 is 1.21 bits per heavy atom. The number of rotatable bonds is 1. The normalized spacial score (nSPS) is 21.2. The maximum absolute atomic E-state index is 6.10. The van der Waals surface area contributed by atoms with Crippen molar-refractivity contribution >= 4 is 33.2 Å². The van der Waals surface area contributed by atoms with Crippen molar-refractivity contribution in [1.82, 2.24) is 0 Å². The molecule has 0 aliphatic carbocycles. The van der Waals surface area contributed by atoms with Crippen LogP contribution in [0.4, 0.5) is 5.69 Å². The van der Waals surface area contributed by atoms with Crippen molar-refractivity contribution in [3.63, 3.8) is 0 Å². The van der Waals surface area contributed by atoms with Crippen molar-refractivity contribution < 1.29 is 4.74 Å². The van der Waals surface area contributed by atoms with E-state index in [-0.39, 0.29) is 12.1 Å². The quantitative estimate of drug-likeness (QED) is 0.787. The number of ether oxygens (including phenoxy) is 1. The van der Waals surface area contributed by atoms with Crippen LogP contribution in [-0.2, 0) is 0 Å². The van der Waals surface area contributed by atoms with Gasteiger partial charge in [-0.3, -0.25) is 0 Å². The van der Waals surface area contributed by atoms with Crippen LogP contribution in [0.5, 0.6) is 5.75 Å². The zero-order chi connectivity index (χ0) is 13.4. The van der Waals surface area contributed by atoms with E-state index in [1.54, 1.807) is 0 Å². The largest absolute Gasteiger partial charge is 0.481 e. The molecule has 1 heterocycles. The molecule has 0 saturated heterocycles. The van der Waals surface area contributed by atoms with Crippen LogP contribution in [0.1, 0.15) is 18.6 Å². The third-order valence-corrected chi connectivity index (χ3v) is 3.94. The molecule has 1 aliphatic heterocycles. The number of hydrogen-bond donors (Lipinski definition) is 1. The highest BCUT2D eigenvalue weighted by Gasteiger charge is 2.27. The van der Waals surface area contributed by atoms with E-state index in [2.05, 4.69) is 40.3 Å². The molecule has 2 atom stereocenters. The minimum absolute atomic E-state index is 0.00817. The van der Waals surface area contributed by atoms with Crippen LogP contribution in [0.15, 0.2) is 46.9 Å². The zero-order valence-electron chi connectivity index (χ0n) is 10.4. The van der Waals surface area contributed by atoms with Crippen molar-refractivity contribution in [3.8, 4) is 5.75 Å². The summed E-state index contributed by atoms with van der Waals surface area (Å²) >= 11 is 9.49. The standard InChI is InChI=1S/C15H13BrClNO/c1-9-15(10-3-2-4-11(16)7-10)19-14-6-5-12(17)8-13(14)18-9/h2-9,15,18H,1H3. The molecule has 2 unspecified atom stereocenters. The highest BCUT2D eigenvalue weighted by atomic mass is 79.9. The van der Waals surface area contributed by atoms with Gasteiger partial charge < -0.3 is 10.1 Å². The molecule has 0 radical (unpaired) electrons. The molecule has 0 fully saturated rings. The summed E-state index contributed by atoms with van der Waals surface area (Å²) in [5.74, 6) is 0.840. The Morgan fingerprint density at radius 3 is 2.84 bits per heavy atom. The highest BCUT2D eigenvalue weighted by molar-refractivity contribution is 9.10. The summed E-state index contributed by atoms with van der Waals surface area (Å²) in [5.41, 5.74) is 2.10. The summed E-state index contributed by atoms with van der Waals surface area (Å²) in [6.45, 7) is 2.11. The average molecular weight is 339 g/mol. The minimum atomic E-state index is -0.00817. The molecule has 2 nitrogen and oxygen atoms in total. The molecular formula is C15H13BrClNO. The average Bonchev–Trinajstić information content (AvgIpc) is 2.37. The van der Waals surface area contributed by atoms with Gasteiger partial charge in [0, 0.05) is 9.50 Å². The van der Waals surface area contributed by atoms with Crippen molar-refractivity contribution in [2.24, 2.45) is 0 Å². The lowest BCUT2D eigenvalue weighted by Crippen LogP contribution is -2.32. The van der Waals surface area contributed by atoms with Gasteiger partial charge in [0.25, 0.3) is 0 Å². The van der Waals surface area contributed by atoms with E-state index in [1.807, 2.05) is 30.3 Å². The summed E-state index contributed by atoms with van der Waals surface area (Å²) in [6, 6.07) is 14.0. The molecule has 19 heavy (non-hydrogen) atoms. The van der Waals surface area contributed by atoms with Crippen molar-refractivity contribution in [2.45, 2.75) is 19.1 Å². The topological polar surface area (TPSA) is 21.3 Å². The van der Waals surface area contributed by atoms with Crippen LogP contribution in [0.25, 0.3) is 0 Å². The molecule has 1 N–H and O–H groups in total. The van der Waals surface area contributed by atoms with Crippen LogP contribution < -0.4 is 10.1 Å². The maximum Gasteiger partial charge on any atom is 0.144 e. The lowest BCUT2D eigenvalue weighted by Gasteiger charge is -2.33. The molecule has 2 aromatic rings. The fourth-order valence-electron chi connectivity index (χ4n) is 2.32. The Bertz CT molecular complexity index is 617. The molecule has 0 spiro atoms. The van der Waals surface area contributed by atoms with Crippen LogP contribution in [0, 0.1) is 0 Å². The zero-order valence-corrected chi connectivity index (χ0v) is 12.7. The molecule has 0 bridgehead atoms. The first-order chi connectivity index (χ1) is 9.13. The Morgan fingerprint density at radius 2 is 2.05 bits per heavy atom. The molecule has 0 saturated carbocycles. The van der Waals surface area contributed by atoms with Crippen molar-refractivity contribution in [2.75, 3.05) is 5.32 Å². The number of halogens is 2. The molecule has 98 valence electrons. The minimum Gasteiger partial charge on any atom is -0.481 e. The molecule has 0 amide bonds. The van der Waals surface area contributed by atoms with Gasteiger partial charge >= 0.3 is 0 Å². The first-order valence-electron chi connectivity index (χ1n) is 6.12.